The van der Waals surface area contributed by atoms with Crippen LogP contribution in [0.15, 0.2) is 0 Å². The van der Waals surface area contributed by atoms with Crippen molar-refractivity contribution in [2.45, 2.75) is 44.8 Å². The molecule has 3 unspecified atom stereocenters. The molecule has 0 amide bonds. The second-order valence-electron chi connectivity index (χ2n) is 5.41. The molecule has 0 aromatic heterocycles. The summed E-state index contributed by atoms with van der Waals surface area (Å²) in [6, 6.07) is 0.686. The summed E-state index contributed by atoms with van der Waals surface area (Å²) in [4.78, 5) is 0. The fraction of sp³-hybridized carbons (Fsp3) is 1.00. The standard InChI is InChI=1S/C14H27NOS2/c1-3-15-13(10-17-4-2)12-5-7-16-14(9-12)6-8-18-11-14/h12-13,15H,3-11H2,1-2H3. The van der Waals surface area contributed by atoms with Gasteiger partial charge < -0.3 is 10.1 Å². The molecule has 2 aliphatic rings. The Labute approximate surface area is 120 Å². The number of thioether (sulfide) groups is 2. The van der Waals surface area contributed by atoms with Crippen molar-refractivity contribution < 1.29 is 4.74 Å². The van der Waals surface area contributed by atoms with Gasteiger partial charge in [-0.05, 0) is 43.2 Å². The van der Waals surface area contributed by atoms with Crippen LogP contribution in [0, 0.1) is 5.92 Å². The van der Waals surface area contributed by atoms with Crippen molar-refractivity contribution in [3.8, 4) is 0 Å². The quantitative estimate of drug-likeness (QED) is 0.811. The lowest BCUT2D eigenvalue weighted by atomic mass is 9.81. The predicted octanol–water partition coefficient (Wildman–Crippen LogP) is 3.02. The third-order valence-corrected chi connectivity index (χ3v) is 6.36. The molecule has 2 fully saturated rings. The minimum Gasteiger partial charge on any atom is -0.374 e. The summed E-state index contributed by atoms with van der Waals surface area (Å²) in [7, 11) is 0. The first-order valence-electron chi connectivity index (χ1n) is 7.32. The molecule has 0 saturated carbocycles. The monoisotopic (exact) mass is 289 g/mol. The first kappa shape index (κ1) is 15.0. The van der Waals surface area contributed by atoms with Crippen LogP contribution >= 0.6 is 23.5 Å². The minimum absolute atomic E-state index is 0.234. The highest BCUT2D eigenvalue weighted by Gasteiger charge is 2.42. The number of hydrogen-bond acceptors (Lipinski definition) is 4. The van der Waals surface area contributed by atoms with Crippen molar-refractivity contribution in [3.05, 3.63) is 0 Å². The predicted molar refractivity (Wildman–Crippen MR) is 83.8 cm³/mol. The van der Waals surface area contributed by atoms with E-state index in [1.165, 1.54) is 42.3 Å². The molecule has 106 valence electrons. The van der Waals surface area contributed by atoms with Gasteiger partial charge in [0.15, 0.2) is 0 Å². The third kappa shape index (κ3) is 3.81. The van der Waals surface area contributed by atoms with Crippen LogP contribution in [0.25, 0.3) is 0 Å². The fourth-order valence-corrected chi connectivity index (χ4v) is 5.40. The summed E-state index contributed by atoms with van der Waals surface area (Å²) in [6.07, 6.45) is 3.80. The molecule has 0 bridgehead atoms. The molecule has 1 spiro atoms. The molecule has 0 aromatic carbocycles. The van der Waals surface area contributed by atoms with Crippen molar-refractivity contribution in [3.63, 3.8) is 0 Å². The molecule has 0 aliphatic carbocycles. The lowest BCUT2D eigenvalue weighted by Gasteiger charge is -2.41. The summed E-state index contributed by atoms with van der Waals surface area (Å²) in [5.74, 6) is 5.83. The van der Waals surface area contributed by atoms with Gasteiger partial charge in [0.2, 0.25) is 0 Å². The van der Waals surface area contributed by atoms with Gasteiger partial charge >= 0.3 is 0 Å². The van der Waals surface area contributed by atoms with Crippen molar-refractivity contribution in [1.29, 1.82) is 0 Å². The maximum atomic E-state index is 6.13. The number of nitrogens with one attached hydrogen (secondary N) is 1. The lowest BCUT2D eigenvalue weighted by Crippen LogP contribution is -2.48. The Hall–Kier alpha value is 0.620. The van der Waals surface area contributed by atoms with E-state index in [9.17, 15) is 0 Å². The second kappa shape index (κ2) is 7.41. The topological polar surface area (TPSA) is 21.3 Å². The van der Waals surface area contributed by atoms with Crippen LogP contribution in [0.2, 0.25) is 0 Å². The van der Waals surface area contributed by atoms with E-state index >= 15 is 0 Å². The van der Waals surface area contributed by atoms with E-state index in [1.807, 2.05) is 0 Å². The smallest absolute Gasteiger partial charge is 0.0783 e. The molecule has 1 N–H and O–H groups in total. The van der Waals surface area contributed by atoms with E-state index < -0.39 is 0 Å². The maximum absolute atomic E-state index is 6.13. The van der Waals surface area contributed by atoms with Crippen LogP contribution in [0.1, 0.15) is 33.1 Å². The van der Waals surface area contributed by atoms with Gasteiger partial charge in [-0.15, -0.1) is 0 Å². The lowest BCUT2D eigenvalue weighted by molar-refractivity contribution is -0.0837. The van der Waals surface area contributed by atoms with Crippen LogP contribution in [0.3, 0.4) is 0 Å². The molecule has 2 aliphatic heterocycles. The highest BCUT2D eigenvalue weighted by atomic mass is 32.2. The van der Waals surface area contributed by atoms with Gasteiger partial charge in [-0.1, -0.05) is 13.8 Å². The normalized spacial score (nSPS) is 34.0. The number of ether oxygens (including phenoxy) is 1. The van der Waals surface area contributed by atoms with E-state index in [0.29, 0.717) is 6.04 Å². The zero-order valence-corrected chi connectivity index (χ0v) is 13.4. The third-order valence-electron chi connectivity index (χ3n) is 4.14. The first-order valence-corrected chi connectivity index (χ1v) is 9.63. The van der Waals surface area contributed by atoms with Crippen LogP contribution in [0.4, 0.5) is 0 Å². The van der Waals surface area contributed by atoms with Crippen LogP contribution in [-0.4, -0.2) is 47.8 Å². The highest BCUT2D eigenvalue weighted by Crippen LogP contribution is 2.41. The van der Waals surface area contributed by atoms with Gasteiger partial charge in [0, 0.05) is 24.2 Å². The Balaban J connectivity index is 1.91. The van der Waals surface area contributed by atoms with Gasteiger partial charge in [0.1, 0.15) is 0 Å². The molecule has 2 rings (SSSR count). The van der Waals surface area contributed by atoms with Crippen LogP contribution in [0.5, 0.6) is 0 Å². The largest absolute Gasteiger partial charge is 0.374 e. The number of hydrogen-bond donors (Lipinski definition) is 1. The zero-order valence-electron chi connectivity index (χ0n) is 11.7. The van der Waals surface area contributed by atoms with Gasteiger partial charge in [0.25, 0.3) is 0 Å². The van der Waals surface area contributed by atoms with Crippen molar-refractivity contribution in [1.82, 2.24) is 5.32 Å². The molecule has 2 heterocycles. The van der Waals surface area contributed by atoms with E-state index in [2.05, 4.69) is 42.7 Å². The van der Waals surface area contributed by atoms with E-state index in [1.54, 1.807) is 0 Å². The molecule has 0 radical (unpaired) electrons. The first-order chi connectivity index (χ1) is 8.79. The SMILES string of the molecule is CCNC(CSCC)C1CCOC2(CCSC2)C1. The number of rotatable bonds is 6. The molecular formula is C14H27NOS2. The molecule has 2 saturated heterocycles. The Kier molecular flexibility index (Phi) is 6.19. The average Bonchev–Trinajstić information content (AvgIpc) is 2.82. The van der Waals surface area contributed by atoms with Crippen LogP contribution in [-0.2, 0) is 4.74 Å². The highest BCUT2D eigenvalue weighted by molar-refractivity contribution is 7.99. The van der Waals surface area contributed by atoms with Gasteiger partial charge in [-0.25, -0.2) is 0 Å². The maximum Gasteiger partial charge on any atom is 0.0783 e. The molecule has 18 heavy (non-hydrogen) atoms. The molecule has 3 atom stereocenters. The summed E-state index contributed by atoms with van der Waals surface area (Å²) < 4.78 is 6.13. The zero-order chi connectivity index (χ0) is 12.8. The van der Waals surface area contributed by atoms with Gasteiger partial charge in [-0.3, -0.25) is 0 Å². The van der Waals surface area contributed by atoms with E-state index in [0.717, 1.165) is 19.1 Å². The average molecular weight is 290 g/mol. The van der Waals surface area contributed by atoms with Gasteiger partial charge in [0.05, 0.1) is 5.60 Å². The van der Waals surface area contributed by atoms with Gasteiger partial charge in [-0.2, -0.15) is 23.5 Å². The molecule has 4 heteroatoms. The minimum atomic E-state index is 0.234. The summed E-state index contributed by atoms with van der Waals surface area (Å²) in [5, 5.41) is 3.71. The Morgan fingerprint density at radius 3 is 3.06 bits per heavy atom. The molecule has 2 nitrogen and oxygen atoms in total. The van der Waals surface area contributed by atoms with E-state index in [4.69, 9.17) is 4.74 Å². The Morgan fingerprint density at radius 1 is 1.50 bits per heavy atom. The Morgan fingerprint density at radius 2 is 2.39 bits per heavy atom. The molecule has 0 aromatic rings. The Bertz CT molecular complexity index is 244. The summed E-state index contributed by atoms with van der Waals surface area (Å²) in [5.41, 5.74) is 0.234. The molecular weight excluding hydrogens is 262 g/mol. The fourth-order valence-electron chi connectivity index (χ4n) is 3.14. The van der Waals surface area contributed by atoms with Crippen molar-refractivity contribution >= 4 is 23.5 Å². The van der Waals surface area contributed by atoms with Crippen molar-refractivity contribution in [2.24, 2.45) is 5.92 Å². The summed E-state index contributed by atoms with van der Waals surface area (Å²) >= 11 is 4.15. The second-order valence-corrected chi connectivity index (χ2v) is 7.83. The summed E-state index contributed by atoms with van der Waals surface area (Å²) in [6.45, 7) is 6.55. The van der Waals surface area contributed by atoms with Crippen molar-refractivity contribution in [2.75, 3.05) is 36.2 Å². The van der Waals surface area contributed by atoms with E-state index in [-0.39, 0.29) is 5.60 Å². The van der Waals surface area contributed by atoms with Crippen LogP contribution < -0.4 is 5.32 Å².